The molecule has 0 radical (unpaired) electrons. The molecule has 1 aliphatic rings. The maximum absolute atomic E-state index is 12.7. The van der Waals surface area contributed by atoms with Crippen LogP contribution >= 0.6 is 0 Å². The monoisotopic (exact) mass is 352 g/mol. The van der Waals surface area contributed by atoms with Gasteiger partial charge < -0.3 is 20.1 Å². The zero-order valence-corrected chi connectivity index (χ0v) is 14.6. The van der Waals surface area contributed by atoms with Crippen LogP contribution in [0.4, 0.5) is 4.79 Å². The summed E-state index contributed by atoms with van der Waals surface area (Å²) in [4.78, 5) is 24.6. The Hall–Kier alpha value is -3.28. The van der Waals surface area contributed by atoms with Crippen LogP contribution in [0.5, 0.6) is 5.75 Å². The molecule has 0 fully saturated rings. The average molecular weight is 352 g/mol. The molecule has 0 saturated carbocycles. The van der Waals surface area contributed by atoms with E-state index in [1.807, 2.05) is 42.5 Å². The van der Waals surface area contributed by atoms with Gasteiger partial charge in [-0.2, -0.15) is 0 Å². The van der Waals surface area contributed by atoms with Gasteiger partial charge in [-0.1, -0.05) is 42.5 Å². The third-order valence-electron chi connectivity index (χ3n) is 4.15. The number of benzene rings is 2. The summed E-state index contributed by atoms with van der Waals surface area (Å²) >= 11 is 0. The van der Waals surface area contributed by atoms with E-state index in [0.29, 0.717) is 17.0 Å². The number of ether oxygens (including phenoxy) is 2. The molecule has 26 heavy (non-hydrogen) atoms. The summed E-state index contributed by atoms with van der Waals surface area (Å²) in [5.41, 5.74) is 2.53. The van der Waals surface area contributed by atoms with Crippen LogP contribution in [0.3, 0.4) is 0 Å². The molecule has 6 heteroatoms. The molecule has 1 aliphatic heterocycles. The number of hydrogen-bond acceptors (Lipinski definition) is 4. The second-order valence-electron chi connectivity index (χ2n) is 5.91. The number of nitrogens with one attached hydrogen (secondary N) is 2. The van der Waals surface area contributed by atoms with Crippen molar-refractivity contribution in [1.29, 1.82) is 0 Å². The van der Waals surface area contributed by atoms with Gasteiger partial charge in [-0.3, -0.25) is 0 Å². The molecule has 6 nitrogen and oxygen atoms in total. The predicted octanol–water partition coefficient (Wildman–Crippen LogP) is 3.07. The van der Waals surface area contributed by atoms with Crippen molar-refractivity contribution < 1.29 is 19.1 Å². The number of amides is 2. The molecule has 0 spiro atoms. The van der Waals surface area contributed by atoms with Gasteiger partial charge in [-0.25, -0.2) is 9.59 Å². The highest BCUT2D eigenvalue weighted by molar-refractivity contribution is 5.95. The van der Waals surface area contributed by atoms with Crippen molar-refractivity contribution in [2.75, 3.05) is 7.11 Å². The Balaban J connectivity index is 1.83. The highest BCUT2D eigenvalue weighted by Gasteiger charge is 2.32. The molecule has 0 bridgehead atoms. The molecular formula is C20H20N2O4. The number of rotatable bonds is 5. The first-order valence-corrected chi connectivity index (χ1v) is 8.22. The van der Waals surface area contributed by atoms with Crippen LogP contribution in [-0.4, -0.2) is 19.1 Å². The Labute approximate surface area is 151 Å². The Morgan fingerprint density at radius 1 is 1.08 bits per heavy atom. The van der Waals surface area contributed by atoms with Gasteiger partial charge >= 0.3 is 12.0 Å². The number of allylic oxidation sites excluding steroid dienone is 1. The highest BCUT2D eigenvalue weighted by atomic mass is 16.5. The number of carbonyl (C=O) groups is 2. The number of carbonyl (C=O) groups excluding carboxylic acids is 2. The molecule has 1 atom stereocenters. The van der Waals surface area contributed by atoms with Crippen molar-refractivity contribution in [2.24, 2.45) is 0 Å². The second-order valence-corrected chi connectivity index (χ2v) is 5.91. The van der Waals surface area contributed by atoms with Gasteiger partial charge in [0.15, 0.2) is 0 Å². The molecule has 2 N–H and O–H groups in total. The lowest BCUT2D eigenvalue weighted by molar-refractivity contribution is -0.140. The quantitative estimate of drug-likeness (QED) is 0.811. The lowest BCUT2D eigenvalue weighted by Crippen LogP contribution is -2.45. The van der Waals surface area contributed by atoms with Crippen LogP contribution in [0.25, 0.3) is 0 Å². The van der Waals surface area contributed by atoms with Gasteiger partial charge in [0.05, 0.1) is 18.7 Å². The maximum atomic E-state index is 12.7. The van der Waals surface area contributed by atoms with Gasteiger partial charge in [0.2, 0.25) is 0 Å². The van der Waals surface area contributed by atoms with E-state index < -0.39 is 12.0 Å². The van der Waals surface area contributed by atoms with E-state index in [-0.39, 0.29) is 12.6 Å². The zero-order chi connectivity index (χ0) is 18.5. The van der Waals surface area contributed by atoms with Crippen molar-refractivity contribution in [3.05, 3.63) is 77.0 Å². The molecule has 0 saturated heterocycles. The van der Waals surface area contributed by atoms with Gasteiger partial charge in [0, 0.05) is 5.70 Å². The van der Waals surface area contributed by atoms with Crippen LogP contribution in [0.1, 0.15) is 24.1 Å². The van der Waals surface area contributed by atoms with Crippen LogP contribution < -0.4 is 15.4 Å². The Morgan fingerprint density at radius 3 is 2.42 bits per heavy atom. The molecule has 2 amide bonds. The third-order valence-corrected chi connectivity index (χ3v) is 4.15. The van der Waals surface area contributed by atoms with Gasteiger partial charge in [0.1, 0.15) is 12.4 Å². The fraction of sp³-hybridized carbons (Fsp3) is 0.200. The van der Waals surface area contributed by atoms with E-state index in [2.05, 4.69) is 10.6 Å². The van der Waals surface area contributed by atoms with Crippen molar-refractivity contribution >= 4 is 12.0 Å². The molecule has 3 rings (SSSR count). The Kier molecular flexibility index (Phi) is 5.22. The van der Waals surface area contributed by atoms with E-state index in [4.69, 9.17) is 9.47 Å². The predicted molar refractivity (Wildman–Crippen MR) is 96.3 cm³/mol. The van der Waals surface area contributed by atoms with E-state index in [1.54, 1.807) is 26.2 Å². The molecule has 0 unspecified atom stereocenters. The first-order valence-electron chi connectivity index (χ1n) is 8.22. The summed E-state index contributed by atoms with van der Waals surface area (Å²) in [5, 5.41) is 5.41. The van der Waals surface area contributed by atoms with E-state index in [1.165, 1.54) is 0 Å². The largest absolute Gasteiger partial charge is 0.497 e. The molecule has 134 valence electrons. The van der Waals surface area contributed by atoms with Crippen LogP contribution in [-0.2, 0) is 16.1 Å². The minimum Gasteiger partial charge on any atom is -0.497 e. The third kappa shape index (κ3) is 3.85. The van der Waals surface area contributed by atoms with E-state index in [0.717, 1.165) is 11.1 Å². The number of methoxy groups -OCH3 is 1. The number of esters is 1. The van der Waals surface area contributed by atoms with E-state index in [9.17, 15) is 9.59 Å². The van der Waals surface area contributed by atoms with Crippen molar-refractivity contribution in [3.63, 3.8) is 0 Å². The average Bonchev–Trinajstić information content (AvgIpc) is 2.66. The first kappa shape index (κ1) is 17.5. The lowest BCUT2D eigenvalue weighted by atomic mass is 9.95. The Morgan fingerprint density at radius 2 is 1.77 bits per heavy atom. The highest BCUT2D eigenvalue weighted by Crippen LogP contribution is 2.29. The fourth-order valence-corrected chi connectivity index (χ4v) is 2.81. The summed E-state index contributed by atoms with van der Waals surface area (Å²) in [6.45, 7) is 1.86. The van der Waals surface area contributed by atoms with Crippen molar-refractivity contribution in [2.45, 2.75) is 19.6 Å². The zero-order valence-electron chi connectivity index (χ0n) is 14.6. The summed E-state index contributed by atoms with van der Waals surface area (Å²) in [6.07, 6.45) is 0. The molecule has 2 aromatic rings. The molecule has 0 aromatic heterocycles. The van der Waals surface area contributed by atoms with Crippen molar-refractivity contribution in [1.82, 2.24) is 10.6 Å². The first-order chi connectivity index (χ1) is 12.6. The van der Waals surface area contributed by atoms with Crippen molar-refractivity contribution in [3.8, 4) is 5.75 Å². The molecule has 0 aliphatic carbocycles. The van der Waals surface area contributed by atoms with Crippen LogP contribution in [0.15, 0.2) is 65.9 Å². The standard InChI is InChI=1S/C20H20N2O4/c1-13-17(19(23)26-12-14-6-4-3-5-7-14)18(22-20(24)21-13)15-8-10-16(25-2)11-9-15/h3-11,18H,12H2,1-2H3,(H2,21,22,24)/t18-/m0/s1. The SMILES string of the molecule is COc1ccc([C@@H]2NC(=O)NC(C)=C2C(=O)OCc2ccccc2)cc1. The summed E-state index contributed by atoms with van der Waals surface area (Å²) in [7, 11) is 1.58. The molecular weight excluding hydrogens is 332 g/mol. The maximum Gasteiger partial charge on any atom is 0.338 e. The number of hydrogen-bond donors (Lipinski definition) is 2. The molecule has 2 aromatic carbocycles. The van der Waals surface area contributed by atoms with Gasteiger partial charge in [-0.05, 0) is 30.2 Å². The fourth-order valence-electron chi connectivity index (χ4n) is 2.81. The summed E-state index contributed by atoms with van der Waals surface area (Å²) in [5.74, 6) is 0.225. The Bertz CT molecular complexity index is 829. The molecule has 1 heterocycles. The van der Waals surface area contributed by atoms with Gasteiger partial charge in [-0.15, -0.1) is 0 Å². The minimum absolute atomic E-state index is 0.166. The summed E-state index contributed by atoms with van der Waals surface area (Å²) < 4.78 is 10.6. The van der Waals surface area contributed by atoms with Crippen LogP contribution in [0, 0.1) is 0 Å². The summed E-state index contributed by atoms with van der Waals surface area (Å²) in [6, 6.07) is 15.7. The smallest absolute Gasteiger partial charge is 0.338 e. The minimum atomic E-state index is -0.585. The second kappa shape index (κ2) is 7.74. The van der Waals surface area contributed by atoms with Gasteiger partial charge in [0.25, 0.3) is 0 Å². The normalized spacial score (nSPS) is 16.5. The van der Waals surface area contributed by atoms with Crippen LogP contribution in [0.2, 0.25) is 0 Å². The lowest BCUT2D eigenvalue weighted by Gasteiger charge is -2.28. The number of urea groups is 1. The van der Waals surface area contributed by atoms with E-state index >= 15 is 0 Å². The topological polar surface area (TPSA) is 76.7 Å².